The van der Waals surface area contributed by atoms with Crippen molar-refractivity contribution in [1.29, 1.82) is 0 Å². The Kier molecular flexibility index (Phi) is 4.40. The fourth-order valence-electron chi connectivity index (χ4n) is 2.09. The number of anilines is 1. The molecule has 6 heteroatoms. The molecule has 1 heterocycles. The number of thiazole rings is 1. The number of hydrogen-bond donors (Lipinski definition) is 1. The van der Waals surface area contributed by atoms with Gasteiger partial charge < -0.3 is 5.32 Å². The van der Waals surface area contributed by atoms with Gasteiger partial charge in [0, 0.05) is 5.69 Å². The smallest absolute Gasteiger partial charge is 0.228 e. The number of hydrogen-bond acceptors (Lipinski definition) is 4. The monoisotopic (exact) mass is 332 g/mol. The van der Waals surface area contributed by atoms with Gasteiger partial charge in [-0.25, -0.2) is 9.37 Å². The third kappa shape index (κ3) is 3.28. The largest absolute Gasteiger partial charge is 0.326 e. The van der Waals surface area contributed by atoms with Crippen LogP contribution in [0.1, 0.15) is 5.56 Å². The summed E-state index contributed by atoms with van der Waals surface area (Å²) in [6.45, 7) is 0. The van der Waals surface area contributed by atoms with E-state index in [9.17, 15) is 9.18 Å². The second kappa shape index (κ2) is 6.46. The molecule has 22 heavy (non-hydrogen) atoms. The number of carbonyl (C=O) groups excluding carboxylic acids is 1. The molecule has 1 aromatic heterocycles. The highest BCUT2D eigenvalue weighted by Crippen LogP contribution is 2.30. The summed E-state index contributed by atoms with van der Waals surface area (Å²) in [7, 11) is 0. The summed E-state index contributed by atoms with van der Waals surface area (Å²) in [6, 6.07) is 11.9. The summed E-state index contributed by atoms with van der Waals surface area (Å²) in [6.07, 6.45) is 2.00. The predicted molar refractivity (Wildman–Crippen MR) is 90.1 cm³/mol. The van der Waals surface area contributed by atoms with Crippen molar-refractivity contribution in [2.75, 3.05) is 11.6 Å². The molecule has 2 aromatic carbocycles. The average molecular weight is 332 g/mol. The van der Waals surface area contributed by atoms with Crippen molar-refractivity contribution in [3.05, 3.63) is 53.8 Å². The first-order valence-electron chi connectivity index (χ1n) is 6.63. The van der Waals surface area contributed by atoms with Crippen molar-refractivity contribution in [2.45, 2.75) is 10.8 Å². The van der Waals surface area contributed by atoms with Crippen LogP contribution in [-0.2, 0) is 11.2 Å². The van der Waals surface area contributed by atoms with Crippen LogP contribution in [0.2, 0.25) is 0 Å². The zero-order valence-corrected chi connectivity index (χ0v) is 13.4. The Morgan fingerprint density at radius 3 is 2.91 bits per heavy atom. The van der Waals surface area contributed by atoms with Gasteiger partial charge in [0.25, 0.3) is 0 Å². The Morgan fingerprint density at radius 1 is 1.32 bits per heavy atom. The van der Waals surface area contributed by atoms with E-state index >= 15 is 0 Å². The van der Waals surface area contributed by atoms with E-state index in [1.165, 1.54) is 6.07 Å². The van der Waals surface area contributed by atoms with E-state index < -0.39 is 0 Å². The topological polar surface area (TPSA) is 42.0 Å². The van der Waals surface area contributed by atoms with Crippen molar-refractivity contribution in [3.8, 4) is 0 Å². The highest BCUT2D eigenvalue weighted by atomic mass is 32.2. The molecule has 3 nitrogen and oxygen atoms in total. The zero-order valence-electron chi connectivity index (χ0n) is 11.8. The van der Waals surface area contributed by atoms with Crippen LogP contribution < -0.4 is 5.32 Å². The molecule has 0 saturated heterocycles. The molecule has 0 bridgehead atoms. The fourth-order valence-corrected chi connectivity index (χ4v) is 3.62. The van der Waals surface area contributed by atoms with Gasteiger partial charge >= 0.3 is 0 Å². The van der Waals surface area contributed by atoms with Gasteiger partial charge in [-0.2, -0.15) is 0 Å². The molecule has 0 radical (unpaired) electrons. The molecule has 0 unspecified atom stereocenters. The quantitative estimate of drug-likeness (QED) is 0.723. The molecule has 112 valence electrons. The minimum absolute atomic E-state index is 0.0173. The standard InChI is InChI=1S/C16H13FN2OS2/c1-21-16-19-13-7-6-11(9-14(13)22-16)18-15(20)8-10-4-2-3-5-12(10)17/h2-7,9H,8H2,1H3,(H,18,20). The van der Waals surface area contributed by atoms with Crippen LogP contribution in [-0.4, -0.2) is 17.1 Å². The van der Waals surface area contributed by atoms with Gasteiger partial charge in [-0.1, -0.05) is 30.0 Å². The van der Waals surface area contributed by atoms with Gasteiger partial charge in [0.15, 0.2) is 4.34 Å². The number of nitrogens with zero attached hydrogens (tertiary/aromatic N) is 1. The Balaban J connectivity index is 1.75. The van der Waals surface area contributed by atoms with Gasteiger partial charge in [-0.05, 0) is 36.1 Å². The van der Waals surface area contributed by atoms with Gasteiger partial charge in [0.1, 0.15) is 5.82 Å². The van der Waals surface area contributed by atoms with Crippen molar-refractivity contribution in [2.24, 2.45) is 0 Å². The zero-order chi connectivity index (χ0) is 15.5. The highest BCUT2D eigenvalue weighted by Gasteiger charge is 2.09. The van der Waals surface area contributed by atoms with Crippen LogP contribution in [0.5, 0.6) is 0 Å². The fraction of sp³-hybridized carbons (Fsp3) is 0.125. The lowest BCUT2D eigenvalue weighted by Crippen LogP contribution is -2.15. The van der Waals surface area contributed by atoms with E-state index in [4.69, 9.17) is 0 Å². The number of rotatable bonds is 4. The minimum atomic E-state index is -0.361. The van der Waals surface area contributed by atoms with E-state index in [0.717, 1.165) is 14.6 Å². The van der Waals surface area contributed by atoms with Crippen LogP contribution in [0, 0.1) is 5.82 Å². The first kappa shape index (κ1) is 15.0. The molecule has 3 rings (SSSR count). The Morgan fingerprint density at radius 2 is 2.14 bits per heavy atom. The van der Waals surface area contributed by atoms with Crippen molar-refractivity contribution >= 4 is 44.9 Å². The van der Waals surface area contributed by atoms with Crippen LogP contribution in [0.25, 0.3) is 10.2 Å². The summed E-state index contributed by atoms with van der Waals surface area (Å²) in [4.78, 5) is 16.5. The van der Waals surface area contributed by atoms with E-state index in [1.54, 1.807) is 41.3 Å². The number of aromatic nitrogens is 1. The van der Waals surface area contributed by atoms with Gasteiger partial charge in [-0.3, -0.25) is 4.79 Å². The van der Waals surface area contributed by atoms with Crippen LogP contribution in [0.4, 0.5) is 10.1 Å². The number of amides is 1. The summed E-state index contributed by atoms with van der Waals surface area (Å²) >= 11 is 3.18. The summed E-state index contributed by atoms with van der Waals surface area (Å²) in [5, 5.41) is 2.80. The number of benzene rings is 2. The predicted octanol–water partition coefficient (Wildman–Crippen LogP) is 4.34. The highest BCUT2D eigenvalue weighted by molar-refractivity contribution is 8.00. The maximum absolute atomic E-state index is 13.5. The van der Waals surface area contributed by atoms with Crippen LogP contribution in [0.15, 0.2) is 46.8 Å². The summed E-state index contributed by atoms with van der Waals surface area (Å²) < 4.78 is 15.6. The lowest BCUT2D eigenvalue weighted by atomic mass is 10.1. The number of fused-ring (bicyclic) bond motifs is 1. The molecule has 1 N–H and O–H groups in total. The number of halogens is 1. The molecule has 0 saturated carbocycles. The Hall–Kier alpha value is -1.92. The normalized spacial score (nSPS) is 10.8. The molecule has 0 aliphatic carbocycles. The Labute approximate surface area is 135 Å². The second-order valence-corrected chi connectivity index (χ2v) is 6.77. The van der Waals surface area contributed by atoms with Gasteiger partial charge in [0.2, 0.25) is 5.91 Å². The maximum Gasteiger partial charge on any atom is 0.228 e. The molecule has 0 spiro atoms. The van der Waals surface area contributed by atoms with E-state index in [-0.39, 0.29) is 18.1 Å². The molecule has 1 amide bonds. The third-order valence-electron chi connectivity index (χ3n) is 3.14. The minimum Gasteiger partial charge on any atom is -0.326 e. The van der Waals surface area contributed by atoms with Crippen LogP contribution >= 0.6 is 23.1 Å². The lowest BCUT2D eigenvalue weighted by Gasteiger charge is -2.06. The SMILES string of the molecule is CSc1nc2ccc(NC(=O)Cc3ccccc3F)cc2s1. The molecule has 0 fully saturated rings. The first-order valence-corrected chi connectivity index (χ1v) is 8.67. The van der Waals surface area contributed by atoms with Gasteiger partial charge in [0.05, 0.1) is 16.6 Å². The summed E-state index contributed by atoms with van der Waals surface area (Å²) in [5.74, 6) is -0.598. The molecule has 0 aliphatic rings. The first-order chi connectivity index (χ1) is 10.7. The number of nitrogens with one attached hydrogen (secondary N) is 1. The molecule has 0 aliphatic heterocycles. The summed E-state index contributed by atoms with van der Waals surface area (Å²) in [5.41, 5.74) is 2.01. The van der Waals surface area contributed by atoms with Crippen LogP contribution in [0.3, 0.4) is 0 Å². The molecular weight excluding hydrogens is 319 g/mol. The molecule has 3 aromatic rings. The van der Waals surface area contributed by atoms with E-state index in [0.29, 0.717) is 11.3 Å². The van der Waals surface area contributed by atoms with Crippen molar-refractivity contribution < 1.29 is 9.18 Å². The van der Waals surface area contributed by atoms with E-state index in [2.05, 4.69) is 10.3 Å². The average Bonchev–Trinajstić information content (AvgIpc) is 2.92. The maximum atomic E-state index is 13.5. The second-order valence-electron chi connectivity index (χ2n) is 4.68. The lowest BCUT2D eigenvalue weighted by molar-refractivity contribution is -0.115. The van der Waals surface area contributed by atoms with E-state index in [1.807, 2.05) is 24.5 Å². The number of thioether (sulfide) groups is 1. The van der Waals surface area contributed by atoms with Crippen molar-refractivity contribution in [3.63, 3.8) is 0 Å². The number of carbonyl (C=O) groups is 1. The van der Waals surface area contributed by atoms with Crippen molar-refractivity contribution in [1.82, 2.24) is 4.98 Å². The molecular formula is C16H13FN2OS2. The molecule has 0 atom stereocenters. The van der Waals surface area contributed by atoms with Gasteiger partial charge in [-0.15, -0.1) is 11.3 Å². The third-order valence-corrected chi connectivity index (χ3v) is 5.14. The Bertz CT molecular complexity index is 832.